The molecule has 0 atom stereocenters. The lowest BCUT2D eigenvalue weighted by molar-refractivity contribution is 0.102. The second-order valence-electron chi connectivity index (χ2n) is 8.20. The topological polar surface area (TPSA) is 64.7 Å². The highest BCUT2D eigenvalue weighted by Gasteiger charge is 2.23. The SMILES string of the molecule is Cc1ccccc1Cn1ccc(NC(=O)c2c(-c3ccccc3)nn(-c3ccccc3)c2C)n1. The number of nitrogens with zero attached hydrogens (tertiary/aromatic N) is 4. The average Bonchev–Trinajstić information content (AvgIpc) is 3.45. The summed E-state index contributed by atoms with van der Waals surface area (Å²) < 4.78 is 3.64. The molecule has 0 aliphatic carbocycles. The van der Waals surface area contributed by atoms with E-state index in [9.17, 15) is 4.79 Å². The Morgan fingerprint density at radius 3 is 2.24 bits per heavy atom. The molecular formula is C28H25N5O. The van der Waals surface area contributed by atoms with E-state index in [4.69, 9.17) is 5.10 Å². The molecule has 5 aromatic rings. The number of carbonyl (C=O) groups excluding carboxylic acids is 1. The second-order valence-corrected chi connectivity index (χ2v) is 8.20. The molecule has 0 fully saturated rings. The number of nitrogens with one attached hydrogen (secondary N) is 1. The summed E-state index contributed by atoms with van der Waals surface area (Å²) in [6.07, 6.45) is 1.88. The molecule has 0 aliphatic rings. The summed E-state index contributed by atoms with van der Waals surface area (Å²) in [7, 11) is 0. The van der Waals surface area contributed by atoms with Crippen molar-refractivity contribution in [3.05, 3.63) is 120 Å². The zero-order valence-electron chi connectivity index (χ0n) is 19.1. The minimum Gasteiger partial charge on any atom is -0.305 e. The predicted octanol–water partition coefficient (Wildman–Crippen LogP) is 5.65. The van der Waals surface area contributed by atoms with E-state index in [0.29, 0.717) is 23.6 Å². The molecule has 0 unspecified atom stereocenters. The molecule has 3 aromatic carbocycles. The maximum absolute atomic E-state index is 13.5. The van der Waals surface area contributed by atoms with Crippen LogP contribution in [0.1, 0.15) is 27.2 Å². The Labute approximate surface area is 198 Å². The minimum atomic E-state index is -0.236. The highest BCUT2D eigenvalue weighted by Crippen LogP contribution is 2.28. The molecule has 34 heavy (non-hydrogen) atoms. The summed E-state index contributed by atoms with van der Waals surface area (Å²) >= 11 is 0. The van der Waals surface area contributed by atoms with Gasteiger partial charge in [-0.2, -0.15) is 10.2 Å². The van der Waals surface area contributed by atoms with E-state index < -0.39 is 0 Å². The number of hydrogen-bond donors (Lipinski definition) is 1. The van der Waals surface area contributed by atoms with Crippen molar-refractivity contribution in [2.24, 2.45) is 0 Å². The summed E-state index contributed by atoms with van der Waals surface area (Å²) in [5.41, 5.74) is 6.12. The van der Waals surface area contributed by atoms with Crippen molar-refractivity contribution in [2.75, 3.05) is 5.32 Å². The number of para-hydroxylation sites is 1. The Kier molecular flexibility index (Phi) is 5.79. The molecule has 5 rings (SSSR count). The lowest BCUT2D eigenvalue weighted by Crippen LogP contribution is -2.15. The Morgan fingerprint density at radius 2 is 1.50 bits per heavy atom. The number of aryl methyl sites for hydroxylation is 1. The molecule has 0 saturated heterocycles. The van der Waals surface area contributed by atoms with Crippen LogP contribution in [0.3, 0.4) is 0 Å². The third-order valence-electron chi connectivity index (χ3n) is 5.87. The number of carbonyl (C=O) groups is 1. The number of rotatable bonds is 6. The summed E-state index contributed by atoms with van der Waals surface area (Å²) in [6, 6.07) is 29.6. The van der Waals surface area contributed by atoms with Crippen molar-refractivity contribution >= 4 is 11.7 Å². The maximum Gasteiger partial charge on any atom is 0.261 e. The molecule has 0 aliphatic heterocycles. The zero-order chi connectivity index (χ0) is 23.5. The first kappa shape index (κ1) is 21.4. The van der Waals surface area contributed by atoms with Gasteiger partial charge in [0.15, 0.2) is 5.82 Å². The van der Waals surface area contributed by atoms with Crippen LogP contribution in [-0.2, 0) is 6.54 Å². The third-order valence-corrected chi connectivity index (χ3v) is 5.87. The van der Waals surface area contributed by atoms with E-state index in [1.807, 2.05) is 101 Å². The van der Waals surface area contributed by atoms with Gasteiger partial charge < -0.3 is 5.32 Å². The molecule has 0 radical (unpaired) electrons. The minimum absolute atomic E-state index is 0.236. The quantitative estimate of drug-likeness (QED) is 0.366. The summed E-state index contributed by atoms with van der Waals surface area (Å²) in [4.78, 5) is 13.5. The number of aromatic nitrogens is 4. The number of hydrogen-bond acceptors (Lipinski definition) is 3. The summed E-state index contributed by atoms with van der Waals surface area (Å²) in [5.74, 6) is 0.268. The molecule has 0 spiro atoms. The molecule has 2 heterocycles. The van der Waals surface area contributed by atoms with Crippen molar-refractivity contribution in [1.82, 2.24) is 19.6 Å². The first-order valence-corrected chi connectivity index (χ1v) is 11.2. The van der Waals surface area contributed by atoms with Crippen molar-refractivity contribution in [1.29, 1.82) is 0 Å². The van der Waals surface area contributed by atoms with Crippen LogP contribution in [-0.4, -0.2) is 25.5 Å². The van der Waals surface area contributed by atoms with E-state index in [0.717, 1.165) is 16.9 Å². The van der Waals surface area contributed by atoms with Gasteiger partial charge in [-0.25, -0.2) is 4.68 Å². The zero-order valence-corrected chi connectivity index (χ0v) is 19.1. The molecule has 6 heteroatoms. The third kappa shape index (κ3) is 4.26. The van der Waals surface area contributed by atoms with Crippen LogP contribution < -0.4 is 5.32 Å². The van der Waals surface area contributed by atoms with Gasteiger partial charge in [-0.15, -0.1) is 0 Å². The molecule has 2 aromatic heterocycles. The van der Waals surface area contributed by atoms with E-state index in [1.165, 1.54) is 11.1 Å². The van der Waals surface area contributed by atoms with Crippen molar-refractivity contribution in [2.45, 2.75) is 20.4 Å². The molecule has 0 bridgehead atoms. The van der Waals surface area contributed by atoms with E-state index in [1.54, 1.807) is 0 Å². The lowest BCUT2D eigenvalue weighted by Gasteiger charge is -2.07. The van der Waals surface area contributed by atoms with Crippen LogP contribution in [0.15, 0.2) is 97.2 Å². The van der Waals surface area contributed by atoms with Crippen LogP contribution >= 0.6 is 0 Å². The fraction of sp³-hybridized carbons (Fsp3) is 0.107. The summed E-state index contributed by atoms with van der Waals surface area (Å²) in [5, 5.41) is 12.4. The molecular weight excluding hydrogens is 422 g/mol. The number of benzene rings is 3. The Hall–Kier alpha value is -4.45. The van der Waals surface area contributed by atoms with Crippen LogP contribution in [0.25, 0.3) is 16.9 Å². The van der Waals surface area contributed by atoms with Gasteiger partial charge in [0, 0.05) is 17.8 Å². The van der Waals surface area contributed by atoms with Crippen LogP contribution in [0, 0.1) is 13.8 Å². The molecule has 6 nitrogen and oxygen atoms in total. The van der Waals surface area contributed by atoms with Gasteiger partial charge in [0.1, 0.15) is 5.69 Å². The van der Waals surface area contributed by atoms with Gasteiger partial charge in [0.05, 0.1) is 23.5 Å². The molecule has 0 saturated carbocycles. The monoisotopic (exact) mass is 447 g/mol. The number of anilines is 1. The predicted molar refractivity (Wildman–Crippen MR) is 134 cm³/mol. The first-order valence-electron chi connectivity index (χ1n) is 11.2. The van der Waals surface area contributed by atoms with Crippen molar-refractivity contribution in [3.63, 3.8) is 0 Å². The first-order chi connectivity index (χ1) is 16.6. The van der Waals surface area contributed by atoms with Gasteiger partial charge in [-0.1, -0.05) is 72.8 Å². The molecule has 168 valence electrons. The van der Waals surface area contributed by atoms with Gasteiger partial charge in [-0.3, -0.25) is 9.48 Å². The van der Waals surface area contributed by atoms with Crippen LogP contribution in [0.5, 0.6) is 0 Å². The molecule has 1 N–H and O–H groups in total. The van der Waals surface area contributed by atoms with E-state index in [-0.39, 0.29) is 5.91 Å². The number of amides is 1. The highest BCUT2D eigenvalue weighted by atomic mass is 16.1. The fourth-order valence-electron chi connectivity index (χ4n) is 4.05. The van der Waals surface area contributed by atoms with Gasteiger partial charge >= 0.3 is 0 Å². The molecule has 1 amide bonds. The second kappa shape index (κ2) is 9.19. The Bertz CT molecular complexity index is 1430. The van der Waals surface area contributed by atoms with Crippen molar-refractivity contribution < 1.29 is 4.79 Å². The Balaban J connectivity index is 1.46. The van der Waals surface area contributed by atoms with Gasteiger partial charge in [-0.05, 0) is 37.1 Å². The highest BCUT2D eigenvalue weighted by molar-refractivity contribution is 6.08. The Morgan fingerprint density at radius 1 is 0.824 bits per heavy atom. The normalized spacial score (nSPS) is 10.9. The largest absolute Gasteiger partial charge is 0.305 e. The fourth-order valence-corrected chi connectivity index (χ4v) is 4.05. The van der Waals surface area contributed by atoms with E-state index in [2.05, 4.69) is 29.5 Å². The van der Waals surface area contributed by atoms with E-state index >= 15 is 0 Å². The smallest absolute Gasteiger partial charge is 0.261 e. The summed E-state index contributed by atoms with van der Waals surface area (Å²) in [6.45, 7) is 4.64. The van der Waals surface area contributed by atoms with Crippen LogP contribution in [0.2, 0.25) is 0 Å². The maximum atomic E-state index is 13.5. The van der Waals surface area contributed by atoms with Gasteiger partial charge in [0.2, 0.25) is 0 Å². The average molecular weight is 448 g/mol. The van der Waals surface area contributed by atoms with Gasteiger partial charge in [0.25, 0.3) is 5.91 Å². The van der Waals surface area contributed by atoms with Crippen molar-refractivity contribution in [3.8, 4) is 16.9 Å². The standard InChI is InChI=1S/C28H25N5O/c1-20-11-9-10-14-23(20)19-32-18-17-25(30-32)29-28(34)26-21(2)33(24-15-7-4-8-16-24)31-27(26)22-12-5-3-6-13-22/h3-18H,19H2,1-2H3,(H,29,30,34). The lowest BCUT2D eigenvalue weighted by atomic mass is 10.1. The van der Waals surface area contributed by atoms with Crippen LogP contribution in [0.4, 0.5) is 5.82 Å².